The number of ether oxygens (including phenoxy) is 1. The van der Waals surface area contributed by atoms with Crippen LogP contribution >= 0.6 is 0 Å². The number of rotatable bonds is 3. The molecule has 0 bridgehead atoms. The van der Waals surface area contributed by atoms with Crippen molar-refractivity contribution in [2.24, 2.45) is 0 Å². The third kappa shape index (κ3) is 1.61. The molecule has 1 saturated carbocycles. The highest BCUT2D eigenvalue weighted by Gasteiger charge is 2.31. The van der Waals surface area contributed by atoms with Crippen LogP contribution in [-0.4, -0.2) is 18.4 Å². The predicted molar refractivity (Wildman–Crippen MR) is 59.0 cm³/mol. The fourth-order valence-electron chi connectivity index (χ4n) is 2.26. The third-order valence-electron chi connectivity index (χ3n) is 3.20. The molecule has 2 rings (SSSR count). The molecule has 1 N–H and O–H groups in total. The summed E-state index contributed by atoms with van der Waals surface area (Å²) in [6.45, 7) is 0. The van der Waals surface area contributed by atoms with E-state index in [-0.39, 0.29) is 17.5 Å². The van der Waals surface area contributed by atoms with E-state index >= 15 is 0 Å². The lowest BCUT2D eigenvalue weighted by molar-refractivity contribution is 0.185. The van der Waals surface area contributed by atoms with Crippen LogP contribution in [0.1, 0.15) is 32.1 Å². The van der Waals surface area contributed by atoms with Gasteiger partial charge in [0.05, 0.1) is 13.2 Å². The molecule has 1 aromatic rings. The summed E-state index contributed by atoms with van der Waals surface area (Å²) in [6.07, 6.45) is 4.93. The maximum atomic E-state index is 11.3. The van der Waals surface area contributed by atoms with E-state index in [1.54, 1.807) is 0 Å². The molecule has 0 amide bonds. The average Bonchev–Trinajstić information content (AvgIpc) is 2.34. The first-order valence-electron chi connectivity index (χ1n) is 5.52. The van der Waals surface area contributed by atoms with Crippen molar-refractivity contribution in [3.63, 3.8) is 0 Å². The molecule has 1 aliphatic rings. The van der Waals surface area contributed by atoms with Crippen molar-refractivity contribution in [3.8, 4) is 5.75 Å². The van der Waals surface area contributed by atoms with Crippen molar-refractivity contribution in [3.05, 3.63) is 20.4 Å². The molecule has 16 heavy (non-hydrogen) atoms. The lowest BCUT2D eigenvalue weighted by atomic mass is 9.94. The second-order valence-electron chi connectivity index (χ2n) is 4.18. The highest BCUT2D eigenvalue weighted by molar-refractivity contribution is 5.62. The second kappa shape index (κ2) is 4.25. The minimum atomic E-state index is -0.648. The Kier molecular flexibility index (Phi) is 2.96. The zero-order valence-electron chi connectivity index (χ0n) is 9.23. The van der Waals surface area contributed by atoms with Crippen LogP contribution in [0.2, 0.25) is 0 Å². The summed E-state index contributed by atoms with van der Waals surface area (Å²) in [6, 6.07) is -0.0639. The zero-order chi connectivity index (χ0) is 11.7. The molecule has 0 aliphatic heterocycles. The van der Waals surface area contributed by atoms with E-state index in [9.17, 15) is 14.8 Å². The van der Waals surface area contributed by atoms with E-state index in [1.165, 1.54) is 7.11 Å². The summed E-state index contributed by atoms with van der Waals surface area (Å²) in [5.41, 5.74) is -1.27. The largest absolute Gasteiger partial charge is 0.490 e. The van der Waals surface area contributed by atoms with Gasteiger partial charge < -0.3 is 4.74 Å². The molecule has 0 atom stereocenters. The van der Waals surface area contributed by atoms with Crippen molar-refractivity contribution >= 4 is 5.69 Å². The minimum Gasteiger partial charge on any atom is -0.490 e. The molecule has 0 aromatic heterocycles. The molecule has 1 aromatic carbocycles. The molecule has 5 nitrogen and oxygen atoms in total. The summed E-state index contributed by atoms with van der Waals surface area (Å²) in [5, 5.41) is 10.8. The van der Waals surface area contributed by atoms with Crippen molar-refractivity contribution in [1.29, 1.82) is 0 Å². The van der Waals surface area contributed by atoms with Gasteiger partial charge in [-0.15, -0.1) is 0 Å². The number of hydroxylamine groups is 1. The van der Waals surface area contributed by atoms with Gasteiger partial charge in [-0.1, -0.05) is 19.3 Å². The first kappa shape index (κ1) is 11.1. The molecule has 0 unspecified atom stereocenters. The maximum Gasteiger partial charge on any atom is 0.272 e. The van der Waals surface area contributed by atoms with E-state index in [2.05, 4.69) is 0 Å². The number of nitrogens with zero attached hydrogens (tertiary/aromatic N) is 1. The lowest BCUT2D eigenvalue weighted by Crippen LogP contribution is -2.44. The van der Waals surface area contributed by atoms with E-state index < -0.39 is 10.9 Å². The predicted octanol–water partition coefficient (Wildman–Crippen LogP) is 0.819. The van der Waals surface area contributed by atoms with Gasteiger partial charge in [0, 0.05) is 0 Å². The zero-order valence-corrected chi connectivity index (χ0v) is 9.23. The Labute approximate surface area is 92.9 Å². The number of hydrogen-bond donors (Lipinski definition) is 1. The SMILES string of the molecule is COc1c(N(O)C2CCCCC2)c(=O)c1=O. The number of methoxy groups -OCH3 is 1. The van der Waals surface area contributed by atoms with Crippen LogP contribution in [0.4, 0.5) is 5.69 Å². The Morgan fingerprint density at radius 1 is 1.19 bits per heavy atom. The van der Waals surface area contributed by atoms with Crippen LogP contribution in [0.25, 0.3) is 0 Å². The summed E-state index contributed by atoms with van der Waals surface area (Å²) in [5.74, 6) is -0.0157. The molecule has 1 aliphatic carbocycles. The van der Waals surface area contributed by atoms with E-state index in [1.807, 2.05) is 0 Å². The summed E-state index contributed by atoms with van der Waals surface area (Å²) < 4.78 is 4.80. The van der Waals surface area contributed by atoms with Crippen molar-refractivity contribution in [1.82, 2.24) is 0 Å². The van der Waals surface area contributed by atoms with Crippen molar-refractivity contribution in [2.75, 3.05) is 12.2 Å². The van der Waals surface area contributed by atoms with Gasteiger partial charge in [-0.3, -0.25) is 14.8 Å². The van der Waals surface area contributed by atoms with Crippen molar-refractivity contribution in [2.45, 2.75) is 38.1 Å². The fraction of sp³-hybridized carbons (Fsp3) is 0.636. The van der Waals surface area contributed by atoms with Gasteiger partial charge in [0.15, 0.2) is 5.69 Å². The molecule has 0 spiro atoms. The van der Waals surface area contributed by atoms with Crippen LogP contribution in [0.5, 0.6) is 5.75 Å². The molecule has 0 radical (unpaired) electrons. The second-order valence-corrected chi connectivity index (χ2v) is 4.18. The molecular weight excluding hydrogens is 210 g/mol. The lowest BCUT2D eigenvalue weighted by Gasteiger charge is -2.31. The standard InChI is InChI=1S/C11H15NO4/c1-16-11-8(9(13)10(11)14)12(15)7-5-3-2-4-6-7/h7,15H,2-6H2,1H3. The summed E-state index contributed by atoms with van der Waals surface area (Å²) >= 11 is 0. The monoisotopic (exact) mass is 225 g/mol. The molecular formula is C11H15NO4. The quantitative estimate of drug-likeness (QED) is 0.609. The van der Waals surface area contributed by atoms with Crippen LogP contribution in [0.3, 0.4) is 0 Å². The van der Waals surface area contributed by atoms with Crippen LogP contribution in [0.15, 0.2) is 9.59 Å². The first-order chi connectivity index (χ1) is 7.66. The van der Waals surface area contributed by atoms with Gasteiger partial charge in [-0.2, -0.15) is 0 Å². The highest BCUT2D eigenvalue weighted by Crippen LogP contribution is 2.28. The summed E-state index contributed by atoms with van der Waals surface area (Å²) in [4.78, 5) is 22.4. The van der Waals surface area contributed by atoms with Gasteiger partial charge in [-0.05, 0) is 12.8 Å². The number of hydrogen-bond acceptors (Lipinski definition) is 5. The van der Waals surface area contributed by atoms with E-state index in [4.69, 9.17) is 4.74 Å². The van der Waals surface area contributed by atoms with Gasteiger partial charge in [0.1, 0.15) is 0 Å². The molecule has 5 heteroatoms. The Morgan fingerprint density at radius 2 is 1.81 bits per heavy atom. The highest BCUT2D eigenvalue weighted by atomic mass is 16.5. The molecule has 88 valence electrons. The van der Waals surface area contributed by atoms with Gasteiger partial charge in [0.25, 0.3) is 10.9 Å². The van der Waals surface area contributed by atoms with Gasteiger partial charge in [-0.25, -0.2) is 5.06 Å². The average molecular weight is 225 g/mol. The Bertz CT molecular complexity index is 441. The minimum absolute atomic E-state index is 0.0157. The normalized spacial score (nSPS) is 17.6. The van der Waals surface area contributed by atoms with Crippen LogP contribution in [-0.2, 0) is 0 Å². The van der Waals surface area contributed by atoms with E-state index in [0.29, 0.717) is 0 Å². The first-order valence-corrected chi connectivity index (χ1v) is 5.52. The Hall–Kier alpha value is -1.36. The smallest absolute Gasteiger partial charge is 0.272 e. The topological polar surface area (TPSA) is 66.8 Å². The fourth-order valence-corrected chi connectivity index (χ4v) is 2.26. The van der Waals surface area contributed by atoms with Crippen LogP contribution < -0.4 is 20.7 Å². The van der Waals surface area contributed by atoms with E-state index in [0.717, 1.165) is 37.2 Å². The van der Waals surface area contributed by atoms with Crippen molar-refractivity contribution < 1.29 is 9.94 Å². The van der Waals surface area contributed by atoms with Gasteiger partial charge in [0.2, 0.25) is 5.75 Å². The summed E-state index contributed by atoms with van der Waals surface area (Å²) in [7, 11) is 1.33. The number of anilines is 1. The maximum absolute atomic E-state index is 11.3. The Balaban J connectivity index is 2.20. The van der Waals surface area contributed by atoms with Crippen LogP contribution in [0, 0.1) is 0 Å². The molecule has 1 fully saturated rings. The Morgan fingerprint density at radius 3 is 2.38 bits per heavy atom. The van der Waals surface area contributed by atoms with Gasteiger partial charge >= 0.3 is 0 Å². The third-order valence-corrected chi connectivity index (χ3v) is 3.20. The molecule has 0 heterocycles. The molecule has 0 saturated heterocycles.